The minimum atomic E-state index is 0.431. The van der Waals surface area contributed by atoms with Crippen LogP contribution >= 0.6 is 0 Å². The van der Waals surface area contributed by atoms with Gasteiger partial charge in [-0.3, -0.25) is 0 Å². The van der Waals surface area contributed by atoms with E-state index in [4.69, 9.17) is 0 Å². The third kappa shape index (κ3) is 2.79. The molecule has 2 rings (SSSR count). The molecule has 0 aliphatic heterocycles. The largest absolute Gasteiger partial charge is 0.379 e. The van der Waals surface area contributed by atoms with Crippen LogP contribution in [0.2, 0.25) is 0 Å². The van der Waals surface area contributed by atoms with Crippen molar-refractivity contribution in [2.45, 2.75) is 40.2 Å². The van der Waals surface area contributed by atoms with Crippen molar-refractivity contribution < 1.29 is 0 Å². The van der Waals surface area contributed by atoms with Crippen LogP contribution in [0.1, 0.15) is 31.4 Å². The van der Waals surface area contributed by atoms with E-state index in [1.54, 1.807) is 0 Å². The van der Waals surface area contributed by atoms with Gasteiger partial charge in [-0.1, -0.05) is 29.4 Å². The topological polar surface area (TPSA) is 12.0 Å². The second kappa shape index (κ2) is 4.79. The predicted octanol–water partition coefficient (Wildman–Crippen LogP) is 4.38. The lowest BCUT2D eigenvalue weighted by atomic mass is 9.97. The Balaban J connectivity index is 2.10. The van der Waals surface area contributed by atoms with Gasteiger partial charge in [0, 0.05) is 11.7 Å². The molecule has 0 aromatic heterocycles. The van der Waals surface area contributed by atoms with Gasteiger partial charge in [0.05, 0.1) is 0 Å². The van der Waals surface area contributed by atoms with Gasteiger partial charge < -0.3 is 5.32 Å². The number of aryl methyl sites for hydroxylation is 2. The highest BCUT2D eigenvalue weighted by Crippen LogP contribution is 2.22. The normalized spacial score (nSPS) is 19.6. The molecule has 0 saturated heterocycles. The van der Waals surface area contributed by atoms with Crippen LogP contribution in [0.3, 0.4) is 0 Å². The Kier molecular flexibility index (Phi) is 3.37. The number of nitrogens with one attached hydrogen (secondary N) is 1. The zero-order valence-electron chi connectivity index (χ0n) is 11.2. The van der Waals surface area contributed by atoms with Gasteiger partial charge in [0.1, 0.15) is 0 Å². The quantitative estimate of drug-likeness (QED) is 0.790. The van der Waals surface area contributed by atoms with Crippen molar-refractivity contribution in [3.05, 3.63) is 52.6 Å². The van der Waals surface area contributed by atoms with Gasteiger partial charge in [-0.2, -0.15) is 0 Å². The number of anilines is 1. The Morgan fingerprint density at radius 3 is 2.41 bits per heavy atom. The average molecular weight is 227 g/mol. The molecule has 0 fully saturated rings. The van der Waals surface area contributed by atoms with Crippen LogP contribution in [0.15, 0.2) is 41.5 Å². The summed E-state index contributed by atoms with van der Waals surface area (Å²) in [5.41, 5.74) is 6.70. The van der Waals surface area contributed by atoms with E-state index < -0.39 is 0 Å². The Bertz CT molecular complexity index is 480. The molecule has 0 saturated carbocycles. The van der Waals surface area contributed by atoms with E-state index in [0.29, 0.717) is 6.04 Å². The maximum Gasteiger partial charge on any atom is 0.0484 e. The van der Waals surface area contributed by atoms with Crippen LogP contribution in [0.4, 0.5) is 5.69 Å². The minimum Gasteiger partial charge on any atom is -0.379 e. The summed E-state index contributed by atoms with van der Waals surface area (Å²) in [7, 11) is 0. The molecule has 1 aromatic carbocycles. The molecule has 1 N–H and O–H groups in total. The highest BCUT2D eigenvalue weighted by molar-refractivity contribution is 5.50. The number of hydrogen-bond acceptors (Lipinski definition) is 1. The first-order valence-corrected chi connectivity index (χ1v) is 6.25. The van der Waals surface area contributed by atoms with Crippen LogP contribution in [-0.2, 0) is 0 Å². The lowest BCUT2D eigenvalue weighted by Crippen LogP contribution is -2.19. The molecule has 1 nitrogen and oxygen atoms in total. The summed E-state index contributed by atoms with van der Waals surface area (Å²) in [5.74, 6) is 0. The zero-order chi connectivity index (χ0) is 12.4. The summed E-state index contributed by atoms with van der Waals surface area (Å²) in [6.07, 6.45) is 5.72. The Morgan fingerprint density at radius 2 is 1.76 bits per heavy atom. The maximum atomic E-state index is 3.58. The molecule has 17 heavy (non-hydrogen) atoms. The third-order valence-electron chi connectivity index (χ3n) is 3.61. The van der Waals surface area contributed by atoms with Gasteiger partial charge in [-0.25, -0.2) is 0 Å². The van der Waals surface area contributed by atoms with E-state index in [-0.39, 0.29) is 0 Å². The monoisotopic (exact) mass is 227 g/mol. The molecule has 0 amide bonds. The number of rotatable bonds is 2. The SMILES string of the molecule is CC1=CCC(Nc2ccc(C)c(C)c2)C=C1C. The van der Waals surface area contributed by atoms with Crippen molar-refractivity contribution in [3.63, 3.8) is 0 Å². The lowest BCUT2D eigenvalue weighted by Gasteiger charge is -2.21. The fourth-order valence-corrected chi connectivity index (χ4v) is 2.11. The van der Waals surface area contributed by atoms with Crippen molar-refractivity contribution >= 4 is 5.69 Å². The number of benzene rings is 1. The summed E-state index contributed by atoms with van der Waals surface area (Å²) in [4.78, 5) is 0. The van der Waals surface area contributed by atoms with E-state index in [1.807, 2.05) is 0 Å². The van der Waals surface area contributed by atoms with E-state index in [1.165, 1.54) is 28.0 Å². The summed E-state index contributed by atoms with van der Waals surface area (Å²) in [6, 6.07) is 7.00. The van der Waals surface area contributed by atoms with Crippen molar-refractivity contribution in [1.29, 1.82) is 0 Å². The third-order valence-corrected chi connectivity index (χ3v) is 3.61. The van der Waals surface area contributed by atoms with Crippen LogP contribution in [0.5, 0.6) is 0 Å². The molecule has 1 unspecified atom stereocenters. The molecular weight excluding hydrogens is 206 g/mol. The fraction of sp³-hybridized carbons (Fsp3) is 0.375. The summed E-state index contributed by atoms with van der Waals surface area (Å²) in [5, 5.41) is 3.58. The Labute approximate surface area is 104 Å². The zero-order valence-corrected chi connectivity index (χ0v) is 11.2. The second-order valence-corrected chi connectivity index (χ2v) is 5.02. The van der Waals surface area contributed by atoms with E-state index in [2.05, 4.69) is 63.4 Å². The molecule has 1 aliphatic rings. The van der Waals surface area contributed by atoms with Gasteiger partial charge in [0.2, 0.25) is 0 Å². The minimum absolute atomic E-state index is 0.431. The molecule has 1 aromatic rings. The predicted molar refractivity (Wildman–Crippen MR) is 75.5 cm³/mol. The highest BCUT2D eigenvalue weighted by Gasteiger charge is 2.10. The molecule has 0 spiro atoms. The first-order chi connectivity index (χ1) is 8.06. The number of allylic oxidation sites excluding steroid dienone is 2. The number of hydrogen-bond donors (Lipinski definition) is 1. The van der Waals surface area contributed by atoms with Crippen LogP contribution in [0, 0.1) is 13.8 Å². The van der Waals surface area contributed by atoms with E-state index >= 15 is 0 Å². The highest BCUT2D eigenvalue weighted by atomic mass is 14.9. The molecule has 0 bridgehead atoms. The van der Waals surface area contributed by atoms with Gasteiger partial charge >= 0.3 is 0 Å². The van der Waals surface area contributed by atoms with Crippen LogP contribution in [0.25, 0.3) is 0 Å². The van der Waals surface area contributed by atoms with Crippen LogP contribution in [-0.4, -0.2) is 6.04 Å². The van der Waals surface area contributed by atoms with E-state index in [9.17, 15) is 0 Å². The van der Waals surface area contributed by atoms with Crippen molar-refractivity contribution in [2.24, 2.45) is 0 Å². The molecule has 0 heterocycles. The molecule has 1 atom stereocenters. The standard InChI is InChI=1S/C16H21N/c1-11-5-7-15(9-13(11)3)17-16-8-6-12(2)14(4)10-16/h5-7,9-10,16-17H,8H2,1-4H3. The fourth-order valence-electron chi connectivity index (χ4n) is 2.11. The smallest absolute Gasteiger partial charge is 0.0484 e. The summed E-state index contributed by atoms with van der Waals surface area (Å²) < 4.78 is 0. The molecule has 1 heteroatoms. The van der Waals surface area contributed by atoms with Crippen molar-refractivity contribution in [1.82, 2.24) is 0 Å². The van der Waals surface area contributed by atoms with Gasteiger partial charge in [0.25, 0.3) is 0 Å². The Morgan fingerprint density at radius 1 is 1.00 bits per heavy atom. The first-order valence-electron chi connectivity index (χ1n) is 6.25. The van der Waals surface area contributed by atoms with Gasteiger partial charge in [0.15, 0.2) is 0 Å². The van der Waals surface area contributed by atoms with E-state index in [0.717, 1.165) is 6.42 Å². The van der Waals surface area contributed by atoms with Gasteiger partial charge in [-0.15, -0.1) is 0 Å². The summed E-state index contributed by atoms with van der Waals surface area (Å²) in [6.45, 7) is 8.67. The molecular formula is C16H21N. The summed E-state index contributed by atoms with van der Waals surface area (Å²) >= 11 is 0. The lowest BCUT2D eigenvalue weighted by molar-refractivity contribution is 0.859. The molecule has 90 valence electrons. The molecule has 1 aliphatic carbocycles. The first kappa shape index (κ1) is 12.0. The molecule has 0 radical (unpaired) electrons. The Hall–Kier alpha value is -1.50. The average Bonchev–Trinajstić information content (AvgIpc) is 2.29. The van der Waals surface area contributed by atoms with Gasteiger partial charge in [-0.05, 0) is 57.4 Å². The maximum absolute atomic E-state index is 3.58. The van der Waals surface area contributed by atoms with Crippen LogP contribution < -0.4 is 5.32 Å². The van der Waals surface area contributed by atoms with Crippen molar-refractivity contribution in [3.8, 4) is 0 Å². The second-order valence-electron chi connectivity index (χ2n) is 5.02. The van der Waals surface area contributed by atoms with Crippen molar-refractivity contribution in [2.75, 3.05) is 5.32 Å².